The number of carbonyl (C=O) groups excluding carboxylic acids is 4. The summed E-state index contributed by atoms with van der Waals surface area (Å²) in [4.78, 5) is 63.5. The molecule has 11 nitrogen and oxygen atoms in total. The van der Waals surface area contributed by atoms with Gasteiger partial charge in [0.05, 0.1) is 5.92 Å². The van der Waals surface area contributed by atoms with Crippen LogP contribution in [0.4, 0.5) is 11.4 Å². The molecule has 4 N–H and O–H groups in total. The van der Waals surface area contributed by atoms with E-state index >= 15 is 0 Å². The topological polar surface area (TPSA) is 130 Å². The zero-order valence-corrected chi connectivity index (χ0v) is 31.7. The van der Waals surface area contributed by atoms with Crippen LogP contribution in [0.2, 0.25) is 0 Å². The van der Waals surface area contributed by atoms with Gasteiger partial charge in [-0.1, -0.05) is 72.8 Å². The van der Waals surface area contributed by atoms with E-state index in [9.17, 15) is 19.2 Å². The molecule has 4 aromatic carbocycles. The zero-order chi connectivity index (χ0) is 38.6. The van der Waals surface area contributed by atoms with Crippen molar-refractivity contribution in [3.05, 3.63) is 120 Å². The molecule has 0 bridgehead atoms. The number of hydrogen-bond acceptors (Lipinski definition) is 6. The van der Waals surface area contributed by atoms with Crippen molar-refractivity contribution in [3.63, 3.8) is 0 Å². The third-order valence-corrected chi connectivity index (χ3v) is 11.6. The molecule has 4 amide bonds. The number of aromatic nitrogens is 1. The predicted molar refractivity (Wildman–Crippen MR) is 219 cm³/mol. The van der Waals surface area contributed by atoms with E-state index in [-0.39, 0.29) is 29.5 Å². The van der Waals surface area contributed by atoms with Gasteiger partial charge in [0.2, 0.25) is 23.6 Å². The lowest BCUT2D eigenvalue weighted by atomic mass is 10.1. The lowest BCUT2D eigenvalue weighted by Crippen LogP contribution is -2.47. The molecule has 0 aliphatic carbocycles. The normalized spacial score (nSPS) is 20.3. The van der Waals surface area contributed by atoms with Crippen LogP contribution in [0.1, 0.15) is 49.3 Å². The van der Waals surface area contributed by atoms with Gasteiger partial charge in [-0.2, -0.15) is 0 Å². The molecule has 3 aliphatic rings. The molecule has 56 heavy (non-hydrogen) atoms. The fraction of sp³-hybridized carbons (Fsp3) is 0.333. The van der Waals surface area contributed by atoms with Gasteiger partial charge in [-0.05, 0) is 98.8 Å². The van der Waals surface area contributed by atoms with Crippen molar-refractivity contribution in [2.75, 3.05) is 43.9 Å². The van der Waals surface area contributed by atoms with Crippen molar-refractivity contribution < 1.29 is 19.2 Å². The Labute approximate surface area is 327 Å². The number of carbonyl (C=O) groups is 4. The summed E-state index contributed by atoms with van der Waals surface area (Å²) < 4.78 is 0. The predicted octanol–water partition coefficient (Wildman–Crippen LogP) is 6.18. The van der Waals surface area contributed by atoms with Crippen LogP contribution in [0.25, 0.3) is 22.2 Å². The summed E-state index contributed by atoms with van der Waals surface area (Å²) in [7, 11) is 1.76. The van der Waals surface area contributed by atoms with E-state index in [0.717, 1.165) is 66.6 Å². The number of hydrogen-bond donors (Lipinski definition) is 4. The quantitative estimate of drug-likeness (QED) is 0.128. The Hall–Kier alpha value is -5.78. The first-order valence-corrected chi connectivity index (χ1v) is 19.8. The van der Waals surface area contributed by atoms with Crippen LogP contribution in [0.3, 0.4) is 0 Å². The SMILES string of the molecule is CN[C@@H](C(=O)N1CCC[C@H]1C(=O)Nc1ccc2[nH]c(-c3ccc(NC(=O)[C@@H]4CCCN4C(=O)[C@@H]4CCN(Cc5ccccc5)C4)cc3)cc2c1)c1ccccc1. The van der Waals surface area contributed by atoms with E-state index in [1.165, 1.54) is 5.56 Å². The lowest BCUT2D eigenvalue weighted by molar-refractivity contribution is -0.139. The second-order valence-electron chi connectivity index (χ2n) is 15.3. The Kier molecular flexibility index (Phi) is 11.0. The lowest BCUT2D eigenvalue weighted by Gasteiger charge is -2.28. The van der Waals surface area contributed by atoms with Gasteiger partial charge < -0.3 is 30.7 Å². The molecule has 4 atom stereocenters. The summed E-state index contributed by atoms with van der Waals surface area (Å²) in [6.07, 6.45) is 3.68. The number of nitrogens with zero attached hydrogens (tertiary/aromatic N) is 3. The number of likely N-dealkylation sites (N-methyl/N-ethyl adjacent to an activating group) is 1. The summed E-state index contributed by atoms with van der Waals surface area (Å²) >= 11 is 0. The minimum atomic E-state index is -0.542. The second-order valence-corrected chi connectivity index (χ2v) is 15.3. The third-order valence-electron chi connectivity index (χ3n) is 11.6. The van der Waals surface area contributed by atoms with Crippen molar-refractivity contribution in [1.29, 1.82) is 0 Å². The molecule has 3 fully saturated rings. The monoisotopic (exact) mass is 751 g/mol. The van der Waals surface area contributed by atoms with Crippen molar-refractivity contribution >= 4 is 45.9 Å². The first-order chi connectivity index (χ1) is 27.3. The van der Waals surface area contributed by atoms with Crippen LogP contribution >= 0.6 is 0 Å². The van der Waals surface area contributed by atoms with Crippen molar-refractivity contribution in [2.24, 2.45) is 5.92 Å². The van der Waals surface area contributed by atoms with Gasteiger partial charge in [0.25, 0.3) is 0 Å². The van der Waals surface area contributed by atoms with Gasteiger partial charge in [-0.25, -0.2) is 0 Å². The number of fused-ring (bicyclic) bond motifs is 1. The number of likely N-dealkylation sites (tertiary alicyclic amines) is 3. The summed E-state index contributed by atoms with van der Waals surface area (Å²) in [6, 6.07) is 33.8. The zero-order valence-electron chi connectivity index (χ0n) is 31.7. The molecule has 11 heteroatoms. The maximum Gasteiger partial charge on any atom is 0.247 e. The van der Waals surface area contributed by atoms with Crippen LogP contribution in [0.15, 0.2) is 109 Å². The first kappa shape index (κ1) is 37.2. The van der Waals surface area contributed by atoms with Gasteiger partial charge in [0.1, 0.15) is 18.1 Å². The molecule has 288 valence electrons. The van der Waals surface area contributed by atoms with Crippen LogP contribution in [-0.4, -0.2) is 88.6 Å². The summed E-state index contributed by atoms with van der Waals surface area (Å²) in [5, 5.41) is 10.2. The van der Waals surface area contributed by atoms with Crippen molar-refractivity contribution in [2.45, 2.75) is 56.8 Å². The Morgan fingerprint density at radius 2 is 1.36 bits per heavy atom. The highest BCUT2D eigenvalue weighted by Crippen LogP contribution is 2.30. The average Bonchev–Trinajstić information content (AvgIpc) is 4.06. The highest BCUT2D eigenvalue weighted by atomic mass is 16.2. The Balaban J connectivity index is 0.868. The van der Waals surface area contributed by atoms with Gasteiger partial charge in [-0.3, -0.25) is 24.1 Å². The van der Waals surface area contributed by atoms with Crippen molar-refractivity contribution in [1.82, 2.24) is 25.0 Å². The maximum absolute atomic E-state index is 13.6. The minimum absolute atomic E-state index is 0.0833. The molecule has 8 rings (SSSR count). The molecule has 4 heterocycles. The van der Waals surface area contributed by atoms with Crippen LogP contribution < -0.4 is 16.0 Å². The highest BCUT2D eigenvalue weighted by Gasteiger charge is 2.40. The molecular weight excluding hydrogens is 703 g/mol. The fourth-order valence-corrected chi connectivity index (χ4v) is 8.65. The Morgan fingerprint density at radius 1 is 0.714 bits per heavy atom. The van der Waals surface area contributed by atoms with E-state index < -0.39 is 18.1 Å². The molecule has 3 saturated heterocycles. The fourth-order valence-electron chi connectivity index (χ4n) is 8.65. The standard InChI is InChI=1S/C45H49N7O4/c1-46-41(32-12-6-3-7-13-32)45(56)52-24-9-15-40(52)43(54)48-36-20-21-37-34(26-36)27-38(49-37)31-16-18-35(19-17-31)47-42(53)39-14-8-23-51(39)44(55)33-22-25-50(29-33)28-30-10-4-2-5-11-30/h2-7,10-13,16-21,26-27,33,39-41,46,49H,8-9,14-15,22-25,28-29H2,1H3,(H,47,53)(H,48,54)/t33-,39+,40+,41-/m1/s1. The molecule has 0 saturated carbocycles. The van der Waals surface area contributed by atoms with Crippen LogP contribution in [0.5, 0.6) is 0 Å². The largest absolute Gasteiger partial charge is 0.355 e. The number of amides is 4. The number of benzene rings is 4. The minimum Gasteiger partial charge on any atom is -0.355 e. The summed E-state index contributed by atoms with van der Waals surface area (Å²) in [6.45, 7) is 3.59. The van der Waals surface area contributed by atoms with Crippen LogP contribution in [-0.2, 0) is 25.7 Å². The van der Waals surface area contributed by atoms with Crippen LogP contribution in [0, 0.1) is 5.92 Å². The number of aromatic amines is 1. The third kappa shape index (κ3) is 7.96. The molecule has 0 unspecified atom stereocenters. The van der Waals surface area contributed by atoms with Crippen molar-refractivity contribution in [3.8, 4) is 11.3 Å². The summed E-state index contributed by atoms with van der Waals surface area (Å²) in [5.41, 5.74) is 6.22. The molecule has 5 aromatic rings. The van der Waals surface area contributed by atoms with E-state index in [4.69, 9.17) is 0 Å². The molecular formula is C45H49N7O4. The number of anilines is 2. The smallest absolute Gasteiger partial charge is 0.247 e. The van der Waals surface area contributed by atoms with E-state index in [1.807, 2.05) is 97.1 Å². The first-order valence-electron chi connectivity index (χ1n) is 19.8. The molecule has 3 aliphatic heterocycles. The van der Waals surface area contributed by atoms with Gasteiger partial charge in [0, 0.05) is 54.2 Å². The second kappa shape index (κ2) is 16.5. The summed E-state index contributed by atoms with van der Waals surface area (Å²) in [5.74, 6) is -0.437. The molecule has 0 radical (unpaired) electrons. The van der Waals surface area contributed by atoms with E-state index in [0.29, 0.717) is 37.3 Å². The molecule has 1 aromatic heterocycles. The molecule has 0 spiro atoms. The Morgan fingerprint density at radius 3 is 2.07 bits per heavy atom. The number of rotatable bonds is 11. The number of nitrogens with one attached hydrogen (secondary N) is 4. The maximum atomic E-state index is 13.6. The van der Waals surface area contributed by atoms with Gasteiger partial charge in [-0.15, -0.1) is 0 Å². The van der Waals surface area contributed by atoms with E-state index in [2.05, 4.69) is 38.0 Å². The average molecular weight is 752 g/mol. The number of H-pyrrole nitrogens is 1. The van der Waals surface area contributed by atoms with Gasteiger partial charge in [0.15, 0.2) is 0 Å². The Bertz CT molecular complexity index is 2190. The van der Waals surface area contributed by atoms with E-state index in [1.54, 1.807) is 16.8 Å². The van der Waals surface area contributed by atoms with Gasteiger partial charge >= 0.3 is 0 Å². The highest BCUT2D eigenvalue weighted by molar-refractivity contribution is 6.01.